The Morgan fingerprint density at radius 2 is 1.71 bits per heavy atom. The molecule has 0 aliphatic heterocycles. The van der Waals surface area contributed by atoms with Gasteiger partial charge >= 0.3 is 0 Å². The predicted octanol–water partition coefficient (Wildman–Crippen LogP) is 3.59. The molecule has 0 heterocycles. The maximum atomic E-state index is 12.5. The van der Waals surface area contributed by atoms with E-state index in [0.29, 0.717) is 5.56 Å². The van der Waals surface area contributed by atoms with Crippen LogP contribution >= 0.6 is 11.6 Å². The fourth-order valence-electron chi connectivity index (χ4n) is 2.01. The summed E-state index contributed by atoms with van der Waals surface area (Å²) in [6.07, 6.45) is 0. The molecule has 2 rings (SSSR count). The molecule has 0 saturated heterocycles. The van der Waals surface area contributed by atoms with Crippen LogP contribution in [0.4, 0.5) is 5.69 Å². The Labute approximate surface area is 147 Å². The van der Waals surface area contributed by atoms with Gasteiger partial charge in [0.2, 0.25) is 0 Å². The van der Waals surface area contributed by atoms with E-state index in [1.807, 2.05) is 20.8 Å². The third kappa shape index (κ3) is 4.49. The average Bonchev–Trinajstić information content (AvgIpc) is 2.49. The van der Waals surface area contributed by atoms with Crippen LogP contribution in [0, 0.1) is 6.92 Å². The molecule has 0 unspecified atom stereocenters. The molecule has 0 atom stereocenters. The third-order valence-electron chi connectivity index (χ3n) is 3.22. The van der Waals surface area contributed by atoms with Crippen molar-refractivity contribution in [3.05, 3.63) is 58.6 Å². The molecule has 1 amide bonds. The summed E-state index contributed by atoms with van der Waals surface area (Å²) < 4.78 is 27.3. The van der Waals surface area contributed by atoms with E-state index in [1.165, 1.54) is 24.3 Å². The first-order valence-corrected chi connectivity index (χ1v) is 9.25. The van der Waals surface area contributed by atoms with E-state index in [2.05, 4.69) is 10.0 Å². The molecule has 5 nitrogen and oxygen atoms in total. The quantitative estimate of drug-likeness (QED) is 0.849. The number of hydrogen-bond acceptors (Lipinski definition) is 3. The van der Waals surface area contributed by atoms with Crippen LogP contribution in [0.2, 0.25) is 5.02 Å². The first kappa shape index (κ1) is 18.3. The zero-order valence-electron chi connectivity index (χ0n) is 13.6. The summed E-state index contributed by atoms with van der Waals surface area (Å²) >= 11 is 6.07. The minimum absolute atomic E-state index is 0.0270. The first-order chi connectivity index (χ1) is 11.2. The number of sulfonamides is 1. The second kappa shape index (κ2) is 7.23. The van der Waals surface area contributed by atoms with E-state index in [9.17, 15) is 13.2 Å². The third-order valence-corrected chi connectivity index (χ3v) is 4.93. The number of benzene rings is 2. The molecule has 0 aliphatic rings. The van der Waals surface area contributed by atoms with Crippen LogP contribution in [0.5, 0.6) is 0 Å². The number of hydrogen-bond donors (Lipinski definition) is 2. The maximum absolute atomic E-state index is 12.5. The van der Waals surface area contributed by atoms with Gasteiger partial charge in [-0.05, 0) is 51.1 Å². The van der Waals surface area contributed by atoms with Crippen molar-refractivity contribution in [2.45, 2.75) is 31.7 Å². The molecule has 0 radical (unpaired) electrons. The van der Waals surface area contributed by atoms with Crippen molar-refractivity contribution in [2.24, 2.45) is 0 Å². The number of rotatable bonds is 5. The number of amides is 1. The summed E-state index contributed by atoms with van der Waals surface area (Å²) in [5.41, 5.74) is 1.45. The number of nitrogens with one attached hydrogen (secondary N) is 2. The summed E-state index contributed by atoms with van der Waals surface area (Å²) in [7, 11) is -3.78. The van der Waals surface area contributed by atoms with Gasteiger partial charge in [-0.3, -0.25) is 9.52 Å². The highest BCUT2D eigenvalue weighted by molar-refractivity contribution is 7.92. The van der Waals surface area contributed by atoms with Gasteiger partial charge < -0.3 is 5.32 Å². The van der Waals surface area contributed by atoms with Gasteiger partial charge in [0, 0.05) is 11.6 Å². The molecule has 24 heavy (non-hydrogen) atoms. The number of carbonyl (C=O) groups excluding carboxylic acids is 1. The van der Waals surface area contributed by atoms with Gasteiger partial charge in [0.25, 0.3) is 15.9 Å². The van der Waals surface area contributed by atoms with Crippen LogP contribution in [0.3, 0.4) is 0 Å². The molecule has 7 heteroatoms. The molecule has 0 aromatic heterocycles. The number of halogens is 1. The summed E-state index contributed by atoms with van der Waals surface area (Å²) in [4.78, 5) is 12.2. The van der Waals surface area contributed by atoms with Crippen molar-refractivity contribution in [1.29, 1.82) is 0 Å². The summed E-state index contributed by atoms with van der Waals surface area (Å²) in [6.45, 7) is 5.56. The molecular formula is C17H19ClN2O3S. The van der Waals surface area contributed by atoms with Crippen LogP contribution < -0.4 is 10.0 Å². The molecule has 0 saturated carbocycles. The summed E-state index contributed by atoms with van der Waals surface area (Å²) in [5.74, 6) is -0.294. The standard InChI is InChI=1S/C17H19ClN2O3S/c1-11(2)19-17(21)13-6-9-15(18)16(10-13)20-24(22,23)14-7-4-12(3)5-8-14/h4-11,20H,1-3H3,(H,19,21). The largest absolute Gasteiger partial charge is 0.350 e. The summed E-state index contributed by atoms with van der Waals surface area (Å²) in [6, 6.07) is 10.9. The number of aryl methyl sites for hydroxylation is 1. The lowest BCUT2D eigenvalue weighted by Gasteiger charge is -2.13. The van der Waals surface area contributed by atoms with Crippen molar-refractivity contribution in [2.75, 3.05) is 4.72 Å². The van der Waals surface area contributed by atoms with E-state index in [-0.39, 0.29) is 27.6 Å². The van der Waals surface area contributed by atoms with Crippen LogP contribution in [0.15, 0.2) is 47.4 Å². The molecule has 128 valence electrons. The van der Waals surface area contributed by atoms with Gasteiger partial charge in [0.05, 0.1) is 15.6 Å². The molecule has 2 N–H and O–H groups in total. The monoisotopic (exact) mass is 366 g/mol. The normalized spacial score (nSPS) is 11.4. The zero-order valence-corrected chi connectivity index (χ0v) is 15.2. The van der Waals surface area contributed by atoms with Crippen molar-refractivity contribution < 1.29 is 13.2 Å². The van der Waals surface area contributed by atoms with Crippen LogP contribution in [-0.4, -0.2) is 20.4 Å². The highest BCUT2D eigenvalue weighted by Gasteiger charge is 2.17. The SMILES string of the molecule is Cc1ccc(S(=O)(=O)Nc2cc(C(=O)NC(C)C)ccc2Cl)cc1. The Hall–Kier alpha value is -2.05. The summed E-state index contributed by atoms with van der Waals surface area (Å²) in [5, 5.41) is 2.96. The smallest absolute Gasteiger partial charge is 0.261 e. The molecule has 2 aromatic rings. The Morgan fingerprint density at radius 1 is 1.08 bits per heavy atom. The number of carbonyl (C=O) groups is 1. The second-order valence-electron chi connectivity index (χ2n) is 5.74. The fourth-order valence-corrected chi connectivity index (χ4v) is 3.30. The predicted molar refractivity (Wildman–Crippen MR) is 96.0 cm³/mol. The molecule has 0 spiro atoms. The van der Waals surface area contributed by atoms with Gasteiger partial charge in [-0.25, -0.2) is 8.42 Å². The number of anilines is 1. The van der Waals surface area contributed by atoms with Crippen LogP contribution in [0.1, 0.15) is 29.8 Å². The molecule has 0 fully saturated rings. The van der Waals surface area contributed by atoms with Crippen molar-refractivity contribution in [3.63, 3.8) is 0 Å². The average molecular weight is 367 g/mol. The van der Waals surface area contributed by atoms with E-state index in [1.54, 1.807) is 18.2 Å². The maximum Gasteiger partial charge on any atom is 0.261 e. The second-order valence-corrected chi connectivity index (χ2v) is 7.83. The fraction of sp³-hybridized carbons (Fsp3) is 0.235. The van der Waals surface area contributed by atoms with Gasteiger partial charge in [-0.2, -0.15) is 0 Å². The molecule has 0 bridgehead atoms. The van der Waals surface area contributed by atoms with E-state index in [0.717, 1.165) is 5.56 Å². The minimum Gasteiger partial charge on any atom is -0.350 e. The van der Waals surface area contributed by atoms with Gasteiger partial charge in [-0.15, -0.1) is 0 Å². The van der Waals surface area contributed by atoms with Crippen LogP contribution in [-0.2, 0) is 10.0 Å². The lowest BCUT2D eigenvalue weighted by atomic mass is 10.2. The highest BCUT2D eigenvalue weighted by atomic mass is 35.5. The van der Waals surface area contributed by atoms with E-state index in [4.69, 9.17) is 11.6 Å². The van der Waals surface area contributed by atoms with Crippen molar-refractivity contribution in [1.82, 2.24) is 5.32 Å². The Bertz CT molecular complexity index is 847. The molecular weight excluding hydrogens is 348 g/mol. The van der Waals surface area contributed by atoms with Crippen LogP contribution in [0.25, 0.3) is 0 Å². The van der Waals surface area contributed by atoms with Gasteiger partial charge in [0.1, 0.15) is 0 Å². The highest BCUT2D eigenvalue weighted by Crippen LogP contribution is 2.26. The lowest BCUT2D eigenvalue weighted by molar-refractivity contribution is 0.0943. The Balaban J connectivity index is 2.31. The zero-order chi connectivity index (χ0) is 17.9. The van der Waals surface area contributed by atoms with Gasteiger partial charge in [-0.1, -0.05) is 29.3 Å². The van der Waals surface area contributed by atoms with Crippen molar-refractivity contribution >= 4 is 33.2 Å². The van der Waals surface area contributed by atoms with Crippen molar-refractivity contribution in [3.8, 4) is 0 Å². The van der Waals surface area contributed by atoms with Gasteiger partial charge in [0.15, 0.2) is 0 Å². The Morgan fingerprint density at radius 3 is 2.29 bits per heavy atom. The molecule has 0 aliphatic carbocycles. The topological polar surface area (TPSA) is 75.3 Å². The van der Waals surface area contributed by atoms with E-state index < -0.39 is 10.0 Å². The lowest BCUT2D eigenvalue weighted by Crippen LogP contribution is -2.30. The minimum atomic E-state index is -3.78. The Kier molecular flexibility index (Phi) is 5.51. The molecule has 2 aromatic carbocycles. The first-order valence-electron chi connectivity index (χ1n) is 7.39. The van der Waals surface area contributed by atoms with E-state index >= 15 is 0 Å².